The van der Waals surface area contributed by atoms with Crippen molar-refractivity contribution < 1.29 is 46.5 Å². The van der Waals surface area contributed by atoms with Crippen LogP contribution < -0.4 is 5.32 Å². The van der Waals surface area contributed by atoms with Gasteiger partial charge in [-0.05, 0) is 60.4 Å². The van der Waals surface area contributed by atoms with Crippen LogP contribution in [0.4, 0.5) is 4.79 Å². The minimum Gasteiger partial charge on any atom is -0.443 e. The van der Waals surface area contributed by atoms with Gasteiger partial charge in [-0.2, -0.15) is 9.57 Å². The average Bonchev–Trinajstić information content (AvgIpc) is 3.86. The Balaban J connectivity index is 0.00000683. The van der Waals surface area contributed by atoms with Gasteiger partial charge in [0, 0.05) is 19.5 Å². The second-order valence-corrected chi connectivity index (χ2v) is 18.8. The number of nitrogens with zero attached hydrogens (tertiary/aromatic N) is 2. The van der Waals surface area contributed by atoms with Crippen LogP contribution in [0.2, 0.25) is 0 Å². The summed E-state index contributed by atoms with van der Waals surface area (Å²) in [4.78, 5) is 14.1. The summed E-state index contributed by atoms with van der Waals surface area (Å²) in [5.74, 6) is -0.0863. The monoisotopic (exact) mass is 861 g/mol. The largest absolute Gasteiger partial charge is 0.443 e. The van der Waals surface area contributed by atoms with Gasteiger partial charge in [-0.15, -0.1) is 0 Å². The molecular weight excluding hydrogens is 806 g/mol. The van der Waals surface area contributed by atoms with Gasteiger partial charge in [0.05, 0.1) is 49.4 Å². The van der Waals surface area contributed by atoms with Crippen LogP contribution in [0.25, 0.3) is 0 Å². The van der Waals surface area contributed by atoms with E-state index in [0.717, 1.165) is 22.3 Å². The zero-order chi connectivity index (χ0) is 41.7. The molecular formula is C45H56N3O10PS. The number of benzene rings is 4. The van der Waals surface area contributed by atoms with Crippen molar-refractivity contribution in [1.29, 1.82) is 5.26 Å². The van der Waals surface area contributed by atoms with Gasteiger partial charge in [0.25, 0.3) is 0 Å². The zero-order valence-corrected chi connectivity index (χ0v) is 36.1. The number of sulfonamides is 1. The molecule has 2 saturated heterocycles. The maximum absolute atomic E-state index is 14.8. The van der Waals surface area contributed by atoms with Crippen LogP contribution in [0.5, 0.6) is 0 Å². The molecule has 15 heteroatoms. The molecule has 4 aromatic carbocycles. The topological polar surface area (TPSA) is 177 Å². The van der Waals surface area contributed by atoms with E-state index in [1.807, 2.05) is 112 Å². The molecule has 3 N–H and O–H groups in total. The minimum atomic E-state index is -4.16. The summed E-state index contributed by atoms with van der Waals surface area (Å²) in [6.45, 7) is 6.69. The van der Waals surface area contributed by atoms with Gasteiger partial charge in [-0.25, -0.2) is 13.2 Å². The number of ether oxygens (including phenoxy) is 3. The molecule has 0 aliphatic carbocycles. The normalized spacial score (nSPS) is 18.6. The van der Waals surface area contributed by atoms with Crippen LogP contribution in [0.3, 0.4) is 0 Å². The van der Waals surface area contributed by atoms with Crippen molar-refractivity contribution in [3.8, 4) is 6.07 Å². The average molecular weight is 862 g/mol. The van der Waals surface area contributed by atoms with Crippen LogP contribution in [-0.4, -0.2) is 75.1 Å². The molecule has 2 heterocycles. The number of alkyl carbamates (subject to hydrolysis) is 1. The fraction of sp³-hybridized carbons (Fsp3) is 0.422. The van der Waals surface area contributed by atoms with Gasteiger partial charge in [-0.3, -0.25) is 0 Å². The van der Waals surface area contributed by atoms with E-state index in [2.05, 4.69) is 11.4 Å². The maximum atomic E-state index is 14.8. The highest BCUT2D eigenvalue weighted by Crippen LogP contribution is 2.44. The third-order valence-corrected chi connectivity index (χ3v) is 13.4. The molecule has 0 bridgehead atoms. The number of nitrogens with one attached hydrogen (secondary N) is 1. The summed E-state index contributed by atoms with van der Waals surface area (Å²) < 4.78 is 68.1. The molecule has 4 unspecified atom stereocenters. The van der Waals surface area contributed by atoms with Crippen molar-refractivity contribution in [2.45, 2.75) is 89.1 Å². The number of fused-ring (bicyclic) bond motifs is 1. The van der Waals surface area contributed by atoms with E-state index < -0.39 is 54.7 Å². The summed E-state index contributed by atoms with van der Waals surface area (Å²) in [5.41, 5.74) is 2.96. The molecule has 2 aliphatic heterocycles. The molecule has 322 valence electrons. The molecule has 6 rings (SSSR count). The van der Waals surface area contributed by atoms with Gasteiger partial charge in [0.1, 0.15) is 12.2 Å². The third kappa shape index (κ3) is 13.6. The van der Waals surface area contributed by atoms with E-state index in [-0.39, 0.29) is 62.0 Å². The highest BCUT2D eigenvalue weighted by molar-refractivity contribution is 7.89. The fourth-order valence-electron chi connectivity index (χ4n) is 7.12. The fourth-order valence-corrected chi connectivity index (χ4v) is 9.90. The highest BCUT2D eigenvalue weighted by atomic mass is 32.2. The van der Waals surface area contributed by atoms with Crippen molar-refractivity contribution in [3.63, 3.8) is 0 Å². The number of rotatable bonds is 21. The summed E-state index contributed by atoms with van der Waals surface area (Å²) in [5, 5.41) is 12.6. The first-order valence-corrected chi connectivity index (χ1v) is 22.5. The standard InChI is InChI=1S/C45H54N3O9PS.H2O/c1-34-20-22-38(23-21-34)59(50,51)48(33-45(2,3)25-13-26-46)29-41(57-58(54-30-36-16-9-5-10-17-36)55-31-37-18-11-6-12-19-37)40(28-35-14-7-4-8-15-35)47-44(49)56-42-32-53-43-39(42)24-27-52-43;/h4-12,14-23,39-43H,13,24-25,27-33H2,1-3H3,(H,47,49);1H2/t39?,40-,41?,42?,43?;/m0./s1. The second-order valence-electron chi connectivity index (χ2n) is 15.7. The third-order valence-electron chi connectivity index (χ3n) is 10.4. The molecule has 60 heavy (non-hydrogen) atoms. The van der Waals surface area contributed by atoms with Gasteiger partial charge in [-0.1, -0.05) is 123 Å². The van der Waals surface area contributed by atoms with Gasteiger partial charge < -0.3 is 38.6 Å². The minimum absolute atomic E-state index is 0. The van der Waals surface area contributed by atoms with E-state index in [9.17, 15) is 18.5 Å². The quantitative estimate of drug-likeness (QED) is 0.0820. The Morgan fingerprint density at radius 3 is 2.07 bits per heavy atom. The molecule has 1 amide bonds. The molecule has 0 spiro atoms. The van der Waals surface area contributed by atoms with Gasteiger partial charge in [0.2, 0.25) is 10.0 Å². The van der Waals surface area contributed by atoms with Crippen molar-refractivity contribution in [2.75, 3.05) is 26.3 Å². The Morgan fingerprint density at radius 1 is 0.900 bits per heavy atom. The Kier molecular flexibility index (Phi) is 17.6. The van der Waals surface area contributed by atoms with Gasteiger partial charge in [0.15, 0.2) is 6.29 Å². The second kappa shape index (κ2) is 22.5. The van der Waals surface area contributed by atoms with E-state index in [4.69, 9.17) is 27.8 Å². The lowest BCUT2D eigenvalue weighted by Crippen LogP contribution is -2.53. The first-order chi connectivity index (χ1) is 28.5. The lowest BCUT2D eigenvalue weighted by atomic mass is 9.88. The predicted molar refractivity (Wildman–Crippen MR) is 228 cm³/mol. The van der Waals surface area contributed by atoms with Crippen LogP contribution in [0, 0.1) is 29.6 Å². The molecule has 0 radical (unpaired) electrons. The molecule has 2 aliphatic rings. The van der Waals surface area contributed by atoms with Crippen LogP contribution in [0.15, 0.2) is 120 Å². The lowest BCUT2D eigenvalue weighted by Gasteiger charge is -2.37. The summed E-state index contributed by atoms with van der Waals surface area (Å²) >= 11 is 0. The smallest absolute Gasteiger partial charge is 0.407 e. The van der Waals surface area contributed by atoms with E-state index in [1.165, 1.54) is 4.31 Å². The number of hydrogen-bond donors (Lipinski definition) is 1. The SMILES string of the molecule is Cc1ccc(S(=O)(=O)N(CC(OP(OCc2ccccc2)OCc2ccccc2)[C@H](Cc2ccccc2)NC(=O)OC2COC3OCCC23)CC(C)(C)CCC#N)cc1.O. The molecule has 13 nitrogen and oxygen atoms in total. The number of carbonyl (C=O) groups excluding carboxylic acids is 1. The summed E-state index contributed by atoms with van der Waals surface area (Å²) in [7, 11) is -6.32. The molecule has 4 aromatic rings. The summed E-state index contributed by atoms with van der Waals surface area (Å²) in [6.07, 6.45) is -0.989. The lowest BCUT2D eigenvalue weighted by molar-refractivity contribution is -0.0907. The predicted octanol–water partition coefficient (Wildman–Crippen LogP) is 7.64. The Morgan fingerprint density at radius 2 is 1.48 bits per heavy atom. The molecule has 2 fully saturated rings. The zero-order valence-electron chi connectivity index (χ0n) is 34.4. The molecule has 5 atom stereocenters. The first kappa shape index (κ1) is 46.8. The number of hydrogen-bond acceptors (Lipinski definition) is 10. The number of carbonyl (C=O) groups is 1. The Bertz CT molecular complexity index is 2010. The molecule has 0 saturated carbocycles. The van der Waals surface area contributed by atoms with Crippen molar-refractivity contribution in [1.82, 2.24) is 9.62 Å². The van der Waals surface area contributed by atoms with E-state index >= 15 is 0 Å². The van der Waals surface area contributed by atoms with Crippen molar-refractivity contribution >= 4 is 24.7 Å². The van der Waals surface area contributed by atoms with Crippen LogP contribution >= 0.6 is 8.60 Å². The molecule has 0 aromatic heterocycles. The van der Waals surface area contributed by atoms with E-state index in [1.54, 1.807) is 24.3 Å². The first-order valence-electron chi connectivity index (χ1n) is 20.0. The van der Waals surface area contributed by atoms with Crippen molar-refractivity contribution in [2.24, 2.45) is 11.3 Å². The van der Waals surface area contributed by atoms with Gasteiger partial charge >= 0.3 is 14.7 Å². The van der Waals surface area contributed by atoms with Crippen molar-refractivity contribution in [3.05, 3.63) is 138 Å². The Hall–Kier alpha value is -4.26. The Labute approximate surface area is 355 Å². The maximum Gasteiger partial charge on any atom is 0.407 e. The number of aryl methyl sites for hydroxylation is 1. The van der Waals surface area contributed by atoms with Crippen LogP contribution in [-0.2, 0) is 57.4 Å². The number of amides is 1. The highest BCUT2D eigenvalue weighted by Gasteiger charge is 2.44. The van der Waals surface area contributed by atoms with E-state index in [0.29, 0.717) is 19.4 Å². The van der Waals surface area contributed by atoms with Crippen LogP contribution in [0.1, 0.15) is 55.4 Å². The summed E-state index contributed by atoms with van der Waals surface area (Å²) in [6, 6.07) is 36.9. The number of nitriles is 1.